The van der Waals surface area contributed by atoms with Gasteiger partial charge >= 0.3 is 0 Å². The number of fused-ring (bicyclic) bond motifs is 2. The van der Waals surface area contributed by atoms with E-state index in [-0.39, 0.29) is 38.0 Å². The molecule has 1 amide bonds. The number of pyridine rings is 1. The Bertz CT molecular complexity index is 2480. The minimum atomic E-state index is -4.12. The van der Waals surface area contributed by atoms with Crippen molar-refractivity contribution in [3.8, 4) is 23.0 Å². The van der Waals surface area contributed by atoms with Gasteiger partial charge in [-0.25, -0.2) is 40.1 Å². The number of amides is 1. The van der Waals surface area contributed by atoms with Crippen LogP contribution in [0.1, 0.15) is 72.1 Å². The molecule has 1 atom stereocenters. The molecule has 2 aliphatic carbocycles. The summed E-state index contributed by atoms with van der Waals surface area (Å²) in [4.78, 5) is 18.4. The summed E-state index contributed by atoms with van der Waals surface area (Å²) < 4.78 is 146. The van der Waals surface area contributed by atoms with E-state index in [1.807, 2.05) is 0 Å². The molecule has 3 aromatic heterocycles. The molecule has 3 heterocycles. The first-order valence-electron chi connectivity index (χ1n) is 17.0. The van der Waals surface area contributed by atoms with Gasteiger partial charge in [-0.2, -0.15) is 19.0 Å². The van der Waals surface area contributed by atoms with Gasteiger partial charge < -0.3 is 16.2 Å². The molecule has 2 aromatic carbocycles. The molecule has 0 saturated heterocycles. The molecule has 1 fully saturated rings. The summed E-state index contributed by atoms with van der Waals surface area (Å²) in [5, 5.41) is 21.0. The Morgan fingerprint density at radius 3 is 2.26 bits per heavy atom. The molecule has 7 rings (SSSR count). The van der Waals surface area contributed by atoms with Crippen LogP contribution in [0, 0.1) is 23.5 Å². The summed E-state index contributed by atoms with van der Waals surface area (Å²) >= 11 is 6.45. The lowest BCUT2D eigenvalue weighted by molar-refractivity contribution is -0.176. The van der Waals surface area contributed by atoms with Crippen LogP contribution in [0.3, 0.4) is 0 Å². The highest BCUT2D eigenvalue weighted by Gasteiger charge is 2.56. The number of carbonyl (C=O) groups is 1. The highest BCUT2D eigenvalue weighted by atomic mass is 35.5. The Balaban J connectivity index is 1.38. The average Bonchev–Trinajstić information content (AvgIpc) is 3.63. The number of nitrogens with zero attached hydrogens (tertiary/aromatic N) is 5. The third kappa shape index (κ3) is 7.59. The van der Waals surface area contributed by atoms with E-state index in [9.17, 15) is 45.0 Å². The molecule has 9 nitrogen and oxygen atoms in total. The first-order chi connectivity index (χ1) is 26.6. The lowest BCUT2D eigenvalue weighted by atomic mass is 9.77. The van der Waals surface area contributed by atoms with Crippen LogP contribution in [0.4, 0.5) is 49.7 Å². The molecule has 57 heavy (non-hydrogen) atoms. The second-order valence-corrected chi connectivity index (χ2v) is 14.4. The van der Waals surface area contributed by atoms with Crippen molar-refractivity contribution >= 4 is 34.2 Å². The van der Waals surface area contributed by atoms with Crippen LogP contribution in [0.25, 0.3) is 22.0 Å². The fraction of sp³-hybridized carbons (Fsp3) is 0.351. The van der Waals surface area contributed by atoms with Gasteiger partial charge in [-0.15, -0.1) is 0 Å². The van der Waals surface area contributed by atoms with Gasteiger partial charge in [0.2, 0.25) is 5.91 Å². The Morgan fingerprint density at radius 2 is 1.61 bits per heavy atom. The monoisotopic (exact) mass is 827 g/mol. The molecule has 0 spiro atoms. The summed E-state index contributed by atoms with van der Waals surface area (Å²) in [7, 11) is 1.53. The van der Waals surface area contributed by atoms with Crippen LogP contribution >= 0.6 is 11.6 Å². The zero-order valence-electron chi connectivity index (χ0n) is 29.3. The molecular formula is C37H28ClF10N7O2. The number of aryl methyl sites for hydroxylation is 1. The predicted molar refractivity (Wildman–Crippen MR) is 185 cm³/mol. The number of aliphatic hydroxyl groups is 1. The molecule has 300 valence electrons. The first-order valence-corrected chi connectivity index (χ1v) is 17.4. The normalized spacial score (nSPS) is 18.1. The second kappa shape index (κ2) is 13.9. The SMILES string of the molecule is Cn1nc(N)c2c(Cl)ccc(-c3ccc(C#CC4(O)CC(F)(F)C4)nc3C(Cc3cc(F)cc(F)c3)NC(=O)Cn3nc(C(F)F)c4c3C(F)(F)CCC4(F)F)c21. The van der Waals surface area contributed by atoms with Gasteiger partial charge in [-0.1, -0.05) is 23.6 Å². The minimum absolute atomic E-state index is 0.0232. The van der Waals surface area contributed by atoms with Crippen molar-refractivity contribution in [1.29, 1.82) is 0 Å². The molecule has 0 bridgehead atoms. The maximum Gasteiger partial charge on any atom is 0.290 e. The number of nitrogens with two attached hydrogens (primary N) is 1. The minimum Gasteiger partial charge on any atom is -0.382 e. The van der Waals surface area contributed by atoms with Gasteiger partial charge in [-0.3, -0.25) is 14.2 Å². The number of hydrogen-bond donors (Lipinski definition) is 3. The van der Waals surface area contributed by atoms with E-state index < -0.39 is 109 Å². The van der Waals surface area contributed by atoms with Gasteiger partial charge in [0.05, 0.1) is 46.1 Å². The van der Waals surface area contributed by atoms with Gasteiger partial charge in [0.1, 0.15) is 40.9 Å². The molecule has 20 heteroatoms. The van der Waals surface area contributed by atoms with E-state index in [0.717, 1.165) is 12.1 Å². The number of alkyl halides is 8. The maximum atomic E-state index is 15.2. The lowest BCUT2D eigenvalue weighted by Crippen LogP contribution is -2.50. The van der Waals surface area contributed by atoms with Crippen LogP contribution in [0.2, 0.25) is 5.02 Å². The quantitative estimate of drug-likeness (QED) is 0.108. The van der Waals surface area contributed by atoms with Crippen LogP contribution in [0.15, 0.2) is 42.5 Å². The topological polar surface area (TPSA) is 124 Å². The maximum absolute atomic E-state index is 15.2. The van der Waals surface area contributed by atoms with Crippen LogP contribution in [-0.2, 0) is 36.7 Å². The van der Waals surface area contributed by atoms with Gasteiger partial charge in [0.25, 0.3) is 24.2 Å². The Morgan fingerprint density at radius 1 is 0.965 bits per heavy atom. The van der Waals surface area contributed by atoms with Crippen LogP contribution in [-0.4, -0.2) is 47.1 Å². The van der Waals surface area contributed by atoms with Crippen molar-refractivity contribution in [2.24, 2.45) is 7.05 Å². The van der Waals surface area contributed by atoms with Crippen molar-refractivity contribution < 1.29 is 53.8 Å². The van der Waals surface area contributed by atoms with Crippen LogP contribution < -0.4 is 11.1 Å². The summed E-state index contributed by atoms with van der Waals surface area (Å²) in [5.74, 6) is -9.76. The number of aromatic nitrogens is 5. The Kier molecular flexibility index (Phi) is 9.75. The highest BCUT2D eigenvalue weighted by Crippen LogP contribution is 2.52. The number of anilines is 1. The van der Waals surface area contributed by atoms with Crippen molar-refractivity contribution in [3.05, 3.63) is 93.0 Å². The Labute approximate surface area is 320 Å². The van der Waals surface area contributed by atoms with E-state index in [0.29, 0.717) is 22.5 Å². The number of rotatable bonds is 8. The fourth-order valence-corrected chi connectivity index (χ4v) is 7.58. The third-order valence-corrected chi connectivity index (χ3v) is 9.99. The zero-order valence-corrected chi connectivity index (χ0v) is 30.0. The van der Waals surface area contributed by atoms with E-state index in [1.54, 1.807) is 0 Å². The predicted octanol–water partition coefficient (Wildman–Crippen LogP) is 7.87. The van der Waals surface area contributed by atoms with Gasteiger partial charge in [0.15, 0.2) is 5.82 Å². The van der Waals surface area contributed by atoms with E-state index in [2.05, 4.69) is 32.3 Å². The number of nitrogens with one attached hydrogen (secondary N) is 1. The molecule has 1 unspecified atom stereocenters. The molecular weight excluding hydrogens is 800 g/mol. The summed E-state index contributed by atoms with van der Waals surface area (Å²) in [5.41, 5.74) is -0.369. The van der Waals surface area contributed by atoms with E-state index >= 15 is 8.78 Å². The highest BCUT2D eigenvalue weighted by molar-refractivity contribution is 6.37. The lowest BCUT2D eigenvalue weighted by Gasteiger charge is -2.39. The second-order valence-electron chi connectivity index (χ2n) is 14.0. The number of halogens is 11. The molecule has 0 radical (unpaired) electrons. The van der Waals surface area contributed by atoms with Crippen molar-refractivity contribution in [1.82, 2.24) is 29.9 Å². The van der Waals surface area contributed by atoms with Crippen molar-refractivity contribution in [2.45, 2.75) is 74.5 Å². The molecule has 1 saturated carbocycles. The summed E-state index contributed by atoms with van der Waals surface area (Å²) in [6.07, 6.45) is -9.01. The smallest absolute Gasteiger partial charge is 0.290 e. The van der Waals surface area contributed by atoms with Crippen molar-refractivity contribution in [3.63, 3.8) is 0 Å². The van der Waals surface area contributed by atoms with Gasteiger partial charge in [-0.05, 0) is 48.2 Å². The molecule has 4 N–H and O–H groups in total. The largest absolute Gasteiger partial charge is 0.382 e. The molecule has 0 aliphatic heterocycles. The standard InChI is InChI=1S/C37H28ClF10N7O2/c1-54-30-22(4-5-23(38)26(30)33(49)53-54)21-3-2-20(6-7-34(57)15-35(43,44)16-34)50-28(21)24(12-17-10-18(39)13-19(40)11-17)51-25(56)14-55-31-27(29(52-55)32(41)42)36(45,46)8-9-37(31,47)48/h2-5,10-11,13,24,32,57H,8-9,12,14-16H2,1H3,(H2,49,53)(H,51,56). The van der Waals surface area contributed by atoms with Crippen LogP contribution in [0.5, 0.6) is 0 Å². The average molecular weight is 828 g/mol. The third-order valence-electron chi connectivity index (χ3n) is 9.68. The van der Waals surface area contributed by atoms with Gasteiger partial charge in [0, 0.05) is 37.1 Å². The Hall–Kier alpha value is -5.35. The number of hydrogen-bond acceptors (Lipinski definition) is 6. The first kappa shape index (κ1) is 39.9. The number of carbonyl (C=O) groups excluding carboxylic acids is 1. The molecule has 2 aliphatic rings. The summed E-state index contributed by atoms with van der Waals surface area (Å²) in [6.45, 7) is -1.30. The number of nitrogen functional groups attached to an aromatic ring is 1. The molecule has 5 aromatic rings. The fourth-order valence-electron chi connectivity index (χ4n) is 7.33. The van der Waals surface area contributed by atoms with E-state index in [1.165, 1.54) is 36.0 Å². The van der Waals surface area contributed by atoms with Crippen molar-refractivity contribution in [2.75, 3.05) is 5.73 Å². The summed E-state index contributed by atoms with van der Waals surface area (Å²) in [6, 6.07) is 6.67. The van der Waals surface area contributed by atoms with E-state index in [4.69, 9.17) is 17.3 Å². The number of benzene rings is 2. The zero-order chi connectivity index (χ0) is 41.4.